The van der Waals surface area contributed by atoms with Gasteiger partial charge in [-0.1, -0.05) is 18.2 Å². The van der Waals surface area contributed by atoms with Crippen LogP contribution in [0.15, 0.2) is 53.4 Å². The second-order valence-electron chi connectivity index (χ2n) is 4.16. The molecule has 0 saturated heterocycles. The summed E-state index contributed by atoms with van der Waals surface area (Å²) in [6, 6.07) is 14.9. The van der Waals surface area contributed by atoms with Crippen molar-refractivity contribution in [3.05, 3.63) is 59.7 Å². The predicted octanol–water partition coefficient (Wildman–Crippen LogP) is 4.08. The average Bonchev–Trinajstić information content (AvgIpc) is 2.47. The van der Waals surface area contributed by atoms with Gasteiger partial charge in [0, 0.05) is 16.2 Å². The largest absolute Gasteiger partial charge is 0.494 e. The predicted molar refractivity (Wildman–Crippen MR) is 80.6 cm³/mol. The van der Waals surface area contributed by atoms with E-state index in [-0.39, 0.29) is 0 Å². The van der Waals surface area contributed by atoms with Gasteiger partial charge in [-0.3, -0.25) is 0 Å². The van der Waals surface area contributed by atoms with Crippen molar-refractivity contribution in [2.24, 2.45) is 0 Å². The molecule has 1 N–H and O–H groups in total. The Bertz CT molecular complexity index is 579. The molecule has 0 heterocycles. The maximum absolute atomic E-state index is 10.8. The Labute approximate surface area is 122 Å². The monoisotopic (exact) mass is 288 g/mol. The second kappa shape index (κ2) is 7.01. The van der Waals surface area contributed by atoms with Crippen LogP contribution in [0.4, 0.5) is 0 Å². The maximum atomic E-state index is 10.8. The first kappa shape index (κ1) is 14.5. The molecule has 0 atom stereocenters. The number of ether oxygens (including phenoxy) is 1. The summed E-state index contributed by atoms with van der Waals surface area (Å²) in [6.07, 6.45) is 0. The van der Waals surface area contributed by atoms with Gasteiger partial charge in [0.1, 0.15) is 5.75 Å². The molecule has 0 fully saturated rings. The summed E-state index contributed by atoms with van der Waals surface area (Å²) < 4.78 is 5.58. The van der Waals surface area contributed by atoms with Crippen molar-refractivity contribution in [2.45, 2.75) is 17.6 Å². The van der Waals surface area contributed by atoms with Gasteiger partial charge in [0.2, 0.25) is 0 Å². The summed E-state index contributed by atoms with van der Waals surface area (Å²) in [4.78, 5) is 11.8. The first-order chi connectivity index (χ1) is 9.70. The third kappa shape index (κ3) is 3.78. The molecule has 4 heteroatoms. The summed E-state index contributed by atoms with van der Waals surface area (Å²) >= 11 is 1.66. The number of carbonyl (C=O) groups is 1. The molecule has 104 valence electrons. The van der Waals surface area contributed by atoms with Crippen LogP contribution in [-0.2, 0) is 5.75 Å². The van der Waals surface area contributed by atoms with Crippen LogP contribution < -0.4 is 4.74 Å². The Kier molecular flexibility index (Phi) is 5.07. The molecule has 0 aliphatic heterocycles. The van der Waals surface area contributed by atoms with E-state index in [2.05, 4.69) is 0 Å². The van der Waals surface area contributed by atoms with Crippen LogP contribution in [0.1, 0.15) is 22.8 Å². The molecule has 0 radical (unpaired) electrons. The van der Waals surface area contributed by atoms with Crippen LogP contribution >= 0.6 is 11.8 Å². The molecule has 0 amide bonds. The van der Waals surface area contributed by atoms with Gasteiger partial charge in [0.25, 0.3) is 0 Å². The number of carboxylic acid groups (broad SMARTS) is 1. The lowest BCUT2D eigenvalue weighted by Crippen LogP contribution is -1.96. The molecule has 2 aromatic rings. The smallest absolute Gasteiger partial charge is 0.335 e. The fourth-order valence-corrected chi connectivity index (χ4v) is 2.66. The van der Waals surface area contributed by atoms with Crippen LogP contribution in [0, 0.1) is 0 Å². The van der Waals surface area contributed by atoms with E-state index in [1.165, 1.54) is 0 Å². The van der Waals surface area contributed by atoms with Gasteiger partial charge in [-0.15, -0.1) is 11.8 Å². The highest BCUT2D eigenvalue weighted by atomic mass is 32.2. The molecule has 2 aromatic carbocycles. The van der Waals surface area contributed by atoms with Gasteiger partial charge in [0.15, 0.2) is 0 Å². The molecule has 0 aliphatic rings. The third-order valence-electron chi connectivity index (χ3n) is 2.77. The quantitative estimate of drug-likeness (QED) is 0.814. The molecule has 2 rings (SSSR count). The number of carboxylic acids is 1. The lowest BCUT2D eigenvalue weighted by Gasteiger charge is -2.09. The zero-order chi connectivity index (χ0) is 14.4. The molecule has 3 nitrogen and oxygen atoms in total. The normalized spacial score (nSPS) is 10.2. The Morgan fingerprint density at radius 2 is 1.85 bits per heavy atom. The van der Waals surface area contributed by atoms with Gasteiger partial charge < -0.3 is 9.84 Å². The molecule has 20 heavy (non-hydrogen) atoms. The second-order valence-corrected chi connectivity index (χ2v) is 5.21. The SMILES string of the molecule is CCOc1ccccc1CSc1ccc(C(=O)O)cc1. The lowest BCUT2D eigenvalue weighted by atomic mass is 10.2. The van der Waals surface area contributed by atoms with E-state index in [4.69, 9.17) is 9.84 Å². The number of hydrogen-bond acceptors (Lipinski definition) is 3. The molecule has 0 aliphatic carbocycles. The molecule has 0 aromatic heterocycles. The number of benzene rings is 2. The van der Waals surface area contributed by atoms with Gasteiger partial charge in [-0.05, 0) is 37.3 Å². The van der Waals surface area contributed by atoms with Crippen LogP contribution in [0.2, 0.25) is 0 Å². The zero-order valence-electron chi connectivity index (χ0n) is 11.2. The van der Waals surface area contributed by atoms with E-state index < -0.39 is 5.97 Å². The zero-order valence-corrected chi connectivity index (χ0v) is 12.0. The van der Waals surface area contributed by atoms with Crippen molar-refractivity contribution >= 4 is 17.7 Å². The fourth-order valence-electron chi connectivity index (χ4n) is 1.77. The van der Waals surface area contributed by atoms with Crippen molar-refractivity contribution in [3.63, 3.8) is 0 Å². The van der Waals surface area contributed by atoms with E-state index >= 15 is 0 Å². The first-order valence-electron chi connectivity index (χ1n) is 6.37. The summed E-state index contributed by atoms with van der Waals surface area (Å²) in [5, 5.41) is 8.86. The van der Waals surface area contributed by atoms with Crippen LogP contribution in [-0.4, -0.2) is 17.7 Å². The highest BCUT2D eigenvalue weighted by Gasteiger charge is 2.05. The Morgan fingerprint density at radius 3 is 2.50 bits per heavy atom. The minimum atomic E-state index is -0.900. The fraction of sp³-hybridized carbons (Fsp3) is 0.188. The highest BCUT2D eigenvalue weighted by molar-refractivity contribution is 7.98. The van der Waals surface area contributed by atoms with Gasteiger partial charge in [-0.2, -0.15) is 0 Å². The summed E-state index contributed by atoms with van der Waals surface area (Å²) in [5.74, 6) is 0.802. The standard InChI is InChI=1S/C16H16O3S/c1-2-19-15-6-4-3-5-13(15)11-20-14-9-7-12(8-10-14)16(17)18/h3-10H,2,11H2,1H3,(H,17,18). The van der Waals surface area contributed by atoms with E-state index in [1.54, 1.807) is 23.9 Å². The summed E-state index contributed by atoms with van der Waals surface area (Å²) in [7, 11) is 0. The molecular weight excluding hydrogens is 272 g/mol. The van der Waals surface area contributed by atoms with Gasteiger partial charge in [-0.25, -0.2) is 4.79 Å². The summed E-state index contributed by atoms with van der Waals surface area (Å²) in [6.45, 7) is 2.61. The lowest BCUT2D eigenvalue weighted by molar-refractivity contribution is 0.0697. The number of hydrogen-bond donors (Lipinski definition) is 1. The first-order valence-corrected chi connectivity index (χ1v) is 7.36. The average molecular weight is 288 g/mol. The topological polar surface area (TPSA) is 46.5 Å². The van der Waals surface area contributed by atoms with Crippen molar-refractivity contribution in [1.29, 1.82) is 0 Å². The van der Waals surface area contributed by atoms with E-state index in [9.17, 15) is 4.79 Å². The number of aromatic carboxylic acids is 1. The van der Waals surface area contributed by atoms with E-state index in [0.717, 1.165) is 22.0 Å². The number of rotatable bonds is 6. The molecule has 0 spiro atoms. The van der Waals surface area contributed by atoms with Crippen LogP contribution in [0.5, 0.6) is 5.75 Å². The molecule has 0 saturated carbocycles. The number of para-hydroxylation sites is 1. The van der Waals surface area contributed by atoms with E-state index in [0.29, 0.717) is 12.2 Å². The highest BCUT2D eigenvalue weighted by Crippen LogP contribution is 2.28. The van der Waals surface area contributed by atoms with Gasteiger partial charge >= 0.3 is 5.97 Å². The molecule has 0 bridgehead atoms. The Morgan fingerprint density at radius 1 is 1.15 bits per heavy atom. The van der Waals surface area contributed by atoms with Crippen molar-refractivity contribution in [2.75, 3.05) is 6.61 Å². The minimum absolute atomic E-state index is 0.309. The Hall–Kier alpha value is -1.94. The van der Waals surface area contributed by atoms with Crippen LogP contribution in [0.25, 0.3) is 0 Å². The van der Waals surface area contributed by atoms with Crippen molar-refractivity contribution in [1.82, 2.24) is 0 Å². The molecule has 0 unspecified atom stereocenters. The maximum Gasteiger partial charge on any atom is 0.335 e. The Balaban J connectivity index is 2.03. The van der Waals surface area contributed by atoms with Crippen LogP contribution in [0.3, 0.4) is 0 Å². The van der Waals surface area contributed by atoms with Crippen molar-refractivity contribution < 1.29 is 14.6 Å². The third-order valence-corrected chi connectivity index (χ3v) is 3.83. The van der Waals surface area contributed by atoms with Gasteiger partial charge in [0.05, 0.1) is 12.2 Å². The van der Waals surface area contributed by atoms with Crippen molar-refractivity contribution in [3.8, 4) is 5.75 Å². The molecular formula is C16H16O3S. The minimum Gasteiger partial charge on any atom is -0.494 e. The van der Waals surface area contributed by atoms with E-state index in [1.807, 2.05) is 43.3 Å². The number of thioether (sulfide) groups is 1. The summed E-state index contributed by atoms with van der Waals surface area (Å²) in [5.41, 5.74) is 1.45.